The number of rotatable bonds is 2. The maximum Gasteiger partial charge on any atom is 0.125 e. The lowest BCUT2D eigenvalue weighted by molar-refractivity contribution is -0.266. The molecule has 2 unspecified atom stereocenters. The van der Waals surface area contributed by atoms with Crippen LogP contribution in [0, 0.1) is 0 Å². The van der Waals surface area contributed by atoms with E-state index in [0.717, 1.165) is 0 Å². The van der Waals surface area contributed by atoms with E-state index in [-0.39, 0.29) is 6.42 Å². The summed E-state index contributed by atoms with van der Waals surface area (Å²) < 4.78 is 0. The van der Waals surface area contributed by atoms with Crippen molar-refractivity contribution in [1.29, 1.82) is 0 Å². The van der Waals surface area contributed by atoms with Crippen LogP contribution in [-0.2, 0) is 0 Å². The summed E-state index contributed by atoms with van der Waals surface area (Å²) in [6.45, 7) is 3.33. The van der Waals surface area contributed by atoms with Gasteiger partial charge in [0, 0.05) is 0 Å². The molecule has 0 saturated heterocycles. The molecule has 6 atom stereocenters. The number of aliphatic hydroxyl groups is 6. The van der Waals surface area contributed by atoms with E-state index in [1.165, 1.54) is 6.08 Å². The molecule has 0 aromatic rings. The molecule has 0 heterocycles. The lowest BCUT2D eigenvalue weighted by atomic mass is 9.73. The van der Waals surface area contributed by atoms with Crippen LogP contribution >= 0.6 is 0 Å². The highest BCUT2D eigenvalue weighted by atomic mass is 16.4. The fraction of sp³-hybridized carbons (Fsp3) is 0.778. The minimum atomic E-state index is -2.10. The van der Waals surface area contributed by atoms with Crippen molar-refractivity contribution in [3.8, 4) is 0 Å². The summed E-state index contributed by atoms with van der Waals surface area (Å²) in [5.74, 6) is 0. The van der Waals surface area contributed by atoms with Crippen LogP contribution in [0.1, 0.15) is 6.42 Å². The molecular formula is C9H16O6. The van der Waals surface area contributed by atoms with Crippen molar-refractivity contribution in [3.05, 3.63) is 12.7 Å². The molecule has 0 spiro atoms. The highest BCUT2D eigenvalue weighted by molar-refractivity contribution is 5.10. The van der Waals surface area contributed by atoms with E-state index >= 15 is 0 Å². The summed E-state index contributed by atoms with van der Waals surface area (Å²) in [6, 6.07) is 0. The molecule has 0 bridgehead atoms. The number of hydrogen-bond acceptors (Lipinski definition) is 6. The van der Waals surface area contributed by atoms with E-state index in [9.17, 15) is 30.6 Å². The van der Waals surface area contributed by atoms with Gasteiger partial charge in [0.05, 0.1) is 0 Å². The molecule has 0 amide bonds. The number of hydrogen-bond donors (Lipinski definition) is 6. The molecule has 6 nitrogen and oxygen atoms in total. The third kappa shape index (κ3) is 1.80. The van der Waals surface area contributed by atoms with Crippen molar-refractivity contribution in [3.63, 3.8) is 0 Å². The van der Waals surface area contributed by atoms with E-state index in [0.29, 0.717) is 0 Å². The quantitative estimate of drug-likeness (QED) is 0.278. The molecule has 0 aliphatic heterocycles. The summed E-state index contributed by atoms with van der Waals surface area (Å²) in [5.41, 5.74) is -2.10. The van der Waals surface area contributed by atoms with Gasteiger partial charge in [-0.1, -0.05) is 6.08 Å². The van der Waals surface area contributed by atoms with Crippen LogP contribution in [0.2, 0.25) is 0 Å². The molecule has 1 rings (SSSR count). The third-order valence-corrected chi connectivity index (χ3v) is 2.84. The second-order valence-electron chi connectivity index (χ2n) is 3.85. The molecule has 0 aromatic carbocycles. The average Bonchev–Trinajstić information content (AvgIpc) is 2.22. The first kappa shape index (κ1) is 12.6. The van der Waals surface area contributed by atoms with Gasteiger partial charge in [0.2, 0.25) is 0 Å². The SMILES string of the molecule is C=CCC1(O)[C@H](O)[C@H](O)C(O)[C@H](O)[C@H]1O. The first-order valence-electron chi connectivity index (χ1n) is 4.60. The summed E-state index contributed by atoms with van der Waals surface area (Å²) in [6.07, 6.45) is -7.59. The molecule has 6 heteroatoms. The van der Waals surface area contributed by atoms with Gasteiger partial charge in [-0.25, -0.2) is 0 Å². The monoisotopic (exact) mass is 220 g/mol. The second-order valence-corrected chi connectivity index (χ2v) is 3.85. The summed E-state index contributed by atoms with van der Waals surface area (Å²) in [5, 5.41) is 56.8. The Morgan fingerprint density at radius 1 is 0.933 bits per heavy atom. The van der Waals surface area contributed by atoms with E-state index in [4.69, 9.17) is 0 Å². The smallest absolute Gasteiger partial charge is 0.125 e. The molecule has 6 N–H and O–H groups in total. The van der Waals surface area contributed by atoms with Gasteiger partial charge < -0.3 is 30.6 Å². The lowest BCUT2D eigenvalue weighted by Gasteiger charge is -2.47. The maximum atomic E-state index is 9.86. The van der Waals surface area contributed by atoms with Crippen molar-refractivity contribution < 1.29 is 30.6 Å². The third-order valence-electron chi connectivity index (χ3n) is 2.84. The van der Waals surface area contributed by atoms with Crippen molar-refractivity contribution in [2.75, 3.05) is 0 Å². The molecule has 0 radical (unpaired) electrons. The van der Waals surface area contributed by atoms with Gasteiger partial charge in [0.25, 0.3) is 0 Å². The van der Waals surface area contributed by atoms with Gasteiger partial charge in [-0.05, 0) is 6.42 Å². The van der Waals surface area contributed by atoms with E-state index in [1.807, 2.05) is 0 Å². The Bertz CT molecular complexity index is 227. The van der Waals surface area contributed by atoms with Crippen LogP contribution in [0.3, 0.4) is 0 Å². The molecule has 88 valence electrons. The predicted octanol–water partition coefficient (Wildman–Crippen LogP) is -2.89. The van der Waals surface area contributed by atoms with E-state index in [2.05, 4.69) is 6.58 Å². The van der Waals surface area contributed by atoms with Gasteiger partial charge in [-0.2, -0.15) is 0 Å². The lowest BCUT2D eigenvalue weighted by Crippen LogP contribution is -2.70. The summed E-state index contributed by atoms with van der Waals surface area (Å²) in [7, 11) is 0. The Kier molecular flexibility index (Phi) is 3.49. The molecule has 1 saturated carbocycles. The average molecular weight is 220 g/mol. The highest BCUT2D eigenvalue weighted by Gasteiger charge is 2.56. The minimum Gasteiger partial charge on any atom is -0.387 e. The Morgan fingerprint density at radius 2 is 1.33 bits per heavy atom. The van der Waals surface area contributed by atoms with Gasteiger partial charge in [0.1, 0.15) is 36.1 Å². The molecule has 1 aliphatic rings. The normalized spacial score (nSPS) is 51.5. The zero-order valence-electron chi connectivity index (χ0n) is 8.06. The maximum absolute atomic E-state index is 9.86. The van der Waals surface area contributed by atoms with Crippen molar-refractivity contribution in [2.45, 2.75) is 42.5 Å². The van der Waals surface area contributed by atoms with Crippen molar-refractivity contribution >= 4 is 0 Å². The first-order valence-corrected chi connectivity index (χ1v) is 4.60. The zero-order valence-corrected chi connectivity index (χ0v) is 8.06. The molecule has 1 aliphatic carbocycles. The zero-order chi connectivity index (χ0) is 11.8. The molecule has 15 heavy (non-hydrogen) atoms. The topological polar surface area (TPSA) is 121 Å². The van der Waals surface area contributed by atoms with Gasteiger partial charge >= 0.3 is 0 Å². The molecular weight excluding hydrogens is 204 g/mol. The Balaban J connectivity index is 3.00. The Labute approximate surface area is 86.7 Å². The largest absolute Gasteiger partial charge is 0.387 e. The van der Waals surface area contributed by atoms with Crippen LogP contribution in [0.25, 0.3) is 0 Å². The predicted molar refractivity (Wildman–Crippen MR) is 49.8 cm³/mol. The van der Waals surface area contributed by atoms with Crippen LogP contribution in [0.5, 0.6) is 0 Å². The van der Waals surface area contributed by atoms with Gasteiger partial charge in [-0.3, -0.25) is 0 Å². The van der Waals surface area contributed by atoms with Crippen LogP contribution in [0.4, 0.5) is 0 Å². The first-order chi connectivity index (χ1) is 6.86. The van der Waals surface area contributed by atoms with Crippen LogP contribution < -0.4 is 0 Å². The summed E-state index contributed by atoms with van der Waals surface area (Å²) >= 11 is 0. The second kappa shape index (κ2) is 4.17. The fourth-order valence-corrected chi connectivity index (χ4v) is 1.81. The van der Waals surface area contributed by atoms with Gasteiger partial charge in [-0.15, -0.1) is 6.58 Å². The summed E-state index contributed by atoms with van der Waals surface area (Å²) in [4.78, 5) is 0. The van der Waals surface area contributed by atoms with Crippen LogP contribution in [-0.4, -0.2) is 66.8 Å². The number of aliphatic hydroxyl groups excluding tert-OH is 5. The standard InChI is InChI=1S/C9H16O6/c1-2-3-9(15)7(13)5(11)4(10)6(12)8(9)14/h2,4-8,10-15H,1,3H2/t4?,5-,6+,7-,8-,9?/m1/s1. The van der Waals surface area contributed by atoms with E-state index < -0.39 is 36.1 Å². The Hall–Kier alpha value is -0.500. The minimum absolute atomic E-state index is 0.212. The molecule has 0 aromatic heterocycles. The van der Waals surface area contributed by atoms with Crippen LogP contribution in [0.15, 0.2) is 12.7 Å². The highest BCUT2D eigenvalue weighted by Crippen LogP contribution is 2.32. The van der Waals surface area contributed by atoms with Gasteiger partial charge in [0.15, 0.2) is 0 Å². The van der Waals surface area contributed by atoms with Crippen molar-refractivity contribution in [1.82, 2.24) is 0 Å². The van der Waals surface area contributed by atoms with Crippen molar-refractivity contribution in [2.24, 2.45) is 0 Å². The molecule has 1 fully saturated rings. The Morgan fingerprint density at radius 3 is 1.67 bits per heavy atom. The fourth-order valence-electron chi connectivity index (χ4n) is 1.81. The van der Waals surface area contributed by atoms with E-state index in [1.54, 1.807) is 0 Å².